The van der Waals surface area contributed by atoms with Crippen LogP contribution in [0.3, 0.4) is 0 Å². The summed E-state index contributed by atoms with van der Waals surface area (Å²) in [6.07, 6.45) is 0. The molecule has 1 N–H and O–H groups in total. The molecule has 0 saturated carbocycles. The molecule has 152 valence electrons. The number of amides is 2. The molecule has 2 aromatic rings. The second-order valence-electron chi connectivity index (χ2n) is 7.17. The Hall–Kier alpha value is -3.56. The van der Waals surface area contributed by atoms with Crippen molar-refractivity contribution < 1.29 is 9.59 Å². The minimum Gasteiger partial charge on any atom is -0.372 e. The van der Waals surface area contributed by atoms with Gasteiger partial charge >= 0.3 is 5.69 Å². The van der Waals surface area contributed by atoms with Gasteiger partial charge in [0.1, 0.15) is 5.82 Å². The summed E-state index contributed by atoms with van der Waals surface area (Å²) in [6, 6.07) is 4.73. The number of carbonyl (C=O) groups excluding carboxylic acids is 2. The third-order valence-corrected chi connectivity index (χ3v) is 4.66. The lowest BCUT2D eigenvalue weighted by Gasteiger charge is -2.15. The molecule has 0 aliphatic carbocycles. The molecule has 0 bridgehead atoms. The number of hydrogen-bond acceptors (Lipinski definition) is 7. The van der Waals surface area contributed by atoms with Crippen LogP contribution in [0.1, 0.15) is 34.6 Å². The van der Waals surface area contributed by atoms with Crippen LogP contribution < -0.4 is 16.6 Å². The number of hydrogen-bond donors (Lipinski definition) is 1. The number of fused-ring (bicyclic) bond motifs is 1. The number of carbonyl (C=O) groups is 2. The largest absolute Gasteiger partial charge is 0.372 e. The SMILES string of the molecule is CNc1c(N=Nc2cccc3c2C(=O)N(CC(C)C)C3=O)c(=O)n(C)c(=O)n1C. The van der Waals surface area contributed by atoms with Gasteiger partial charge < -0.3 is 5.32 Å². The molecule has 1 aliphatic heterocycles. The minimum absolute atomic E-state index is 0.0782. The molecule has 10 nitrogen and oxygen atoms in total. The van der Waals surface area contributed by atoms with Crippen LogP contribution in [0.4, 0.5) is 17.2 Å². The monoisotopic (exact) mass is 398 g/mol. The zero-order valence-corrected chi connectivity index (χ0v) is 16.9. The Morgan fingerprint density at radius 2 is 1.69 bits per heavy atom. The van der Waals surface area contributed by atoms with Gasteiger partial charge in [0.2, 0.25) is 0 Å². The molecule has 0 saturated heterocycles. The van der Waals surface area contributed by atoms with Gasteiger partial charge in [0.05, 0.1) is 16.8 Å². The first-order chi connectivity index (χ1) is 13.7. The number of benzene rings is 1. The van der Waals surface area contributed by atoms with Gasteiger partial charge in [-0.05, 0) is 18.1 Å². The Labute approximate surface area is 166 Å². The van der Waals surface area contributed by atoms with Crippen LogP contribution in [0.5, 0.6) is 0 Å². The highest BCUT2D eigenvalue weighted by molar-refractivity contribution is 6.23. The topological polar surface area (TPSA) is 118 Å². The highest BCUT2D eigenvalue weighted by Crippen LogP contribution is 2.33. The van der Waals surface area contributed by atoms with Crippen molar-refractivity contribution in [1.82, 2.24) is 14.0 Å². The van der Waals surface area contributed by atoms with Crippen molar-refractivity contribution in [3.05, 3.63) is 50.2 Å². The average molecular weight is 398 g/mol. The molecule has 3 rings (SSSR count). The van der Waals surface area contributed by atoms with Crippen LogP contribution in [-0.4, -0.2) is 39.4 Å². The molecule has 0 spiro atoms. The van der Waals surface area contributed by atoms with E-state index in [-0.39, 0.29) is 40.1 Å². The van der Waals surface area contributed by atoms with Crippen molar-refractivity contribution in [3.63, 3.8) is 0 Å². The fourth-order valence-electron chi connectivity index (χ4n) is 3.24. The normalized spacial score (nSPS) is 13.7. The number of anilines is 1. The average Bonchev–Trinajstić information content (AvgIpc) is 2.93. The molecule has 1 aromatic heterocycles. The molecule has 1 aromatic carbocycles. The summed E-state index contributed by atoms with van der Waals surface area (Å²) < 4.78 is 2.16. The number of azo groups is 1. The van der Waals surface area contributed by atoms with E-state index in [0.717, 1.165) is 4.57 Å². The van der Waals surface area contributed by atoms with E-state index >= 15 is 0 Å². The minimum atomic E-state index is -0.627. The number of nitrogens with zero attached hydrogens (tertiary/aromatic N) is 5. The van der Waals surface area contributed by atoms with Gasteiger partial charge in [-0.1, -0.05) is 19.9 Å². The van der Waals surface area contributed by atoms with Crippen LogP contribution in [0.15, 0.2) is 38.0 Å². The molecular formula is C19H22N6O4. The van der Waals surface area contributed by atoms with E-state index in [0.29, 0.717) is 6.54 Å². The summed E-state index contributed by atoms with van der Waals surface area (Å²) in [5.41, 5.74) is -0.610. The molecule has 0 radical (unpaired) electrons. The van der Waals surface area contributed by atoms with Crippen molar-refractivity contribution in [1.29, 1.82) is 0 Å². The first kappa shape index (κ1) is 20.2. The maximum Gasteiger partial charge on any atom is 0.332 e. The van der Waals surface area contributed by atoms with Crippen molar-refractivity contribution in [2.45, 2.75) is 13.8 Å². The summed E-state index contributed by atoms with van der Waals surface area (Å²) in [5, 5.41) is 10.9. The first-order valence-corrected chi connectivity index (χ1v) is 9.07. The Bertz CT molecular complexity index is 1160. The van der Waals surface area contributed by atoms with E-state index in [9.17, 15) is 19.2 Å². The highest BCUT2D eigenvalue weighted by Gasteiger charge is 2.37. The predicted molar refractivity (Wildman–Crippen MR) is 107 cm³/mol. The predicted octanol–water partition coefficient (Wildman–Crippen LogP) is 1.79. The molecule has 29 heavy (non-hydrogen) atoms. The quantitative estimate of drug-likeness (QED) is 0.608. The lowest BCUT2D eigenvalue weighted by atomic mass is 10.1. The molecule has 0 unspecified atom stereocenters. The highest BCUT2D eigenvalue weighted by atomic mass is 16.2. The van der Waals surface area contributed by atoms with E-state index < -0.39 is 17.2 Å². The summed E-state index contributed by atoms with van der Waals surface area (Å²) in [5.74, 6) is -0.493. The third kappa shape index (κ3) is 3.26. The van der Waals surface area contributed by atoms with Gasteiger partial charge in [0.25, 0.3) is 17.4 Å². The Morgan fingerprint density at radius 1 is 1.00 bits per heavy atom. The van der Waals surface area contributed by atoms with Gasteiger partial charge in [-0.25, -0.2) is 4.79 Å². The van der Waals surface area contributed by atoms with Crippen LogP contribution in [0.2, 0.25) is 0 Å². The van der Waals surface area contributed by atoms with Crippen LogP contribution >= 0.6 is 0 Å². The second-order valence-corrected chi connectivity index (χ2v) is 7.17. The van der Waals surface area contributed by atoms with Crippen molar-refractivity contribution in [2.24, 2.45) is 30.2 Å². The number of rotatable bonds is 5. The van der Waals surface area contributed by atoms with Gasteiger partial charge in [-0.15, -0.1) is 10.2 Å². The standard InChI is InChI=1S/C19H22N6O4/c1-10(2)9-25-16(26)11-7-6-8-12(13(11)17(25)27)21-22-14-15(20-3)23(4)19(29)24(5)18(14)28/h6-8,10,20H,9H2,1-5H3. The molecule has 0 atom stereocenters. The van der Waals surface area contributed by atoms with Gasteiger partial charge in [0, 0.05) is 27.7 Å². The molecule has 0 fully saturated rings. The summed E-state index contributed by atoms with van der Waals surface area (Å²) >= 11 is 0. The van der Waals surface area contributed by atoms with E-state index in [4.69, 9.17) is 0 Å². The number of aromatic nitrogens is 2. The molecular weight excluding hydrogens is 376 g/mol. The van der Waals surface area contributed by atoms with Crippen LogP contribution in [0.25, 0.3) is 0 Å². The van der Waals surface area contributed by atoms with Gasteiger partial charge in [-0.2, -0.15) is 0 Å². The maximum absolute atomic E-state index is 12.8. The second kappa shape index (κ2) is 7.46. The van der Waals surface area contributed by atoms with Gasteiger partial charge in [-0.3, -0.25) is 28.4 Å². The lowest BCUT2D eigenvalue weighted by molar-refractivity contribution is 0.0636. The number of nitrogens with one attached hydrogen (secondary N) is 1. The maximum atomic E-state index is 12.8. The molecule has 10 heteroatoms. The molecule has 1 aliphatic rings. The van der Waals surface area contributed by atoms with Gasteiger partial charge in [0.15, 0.2) is 5.69 Å². The smallest absolute Gasteiger partial charge is 0.332 e. The summed E-state index contributed by atoms with van der Waals surface area (Å²) in [6.45, 7) is 4.13. The fraction of sp³-hybridized carbons (Fsp3) is 0.368. The molecule has 2 amide bonds. The Balaban J connectivity index is 2.11. The van der Waals surface area contributed by atoms with Crippen LogP contribution in [0, 0.1) is 5.92 Å². The Kier molecular flexibility index (Phi) is 5.19. The first-order valence-electron chi connectivity index (χ1n) is 9.07. The van der Waals surface area contributed by atoms with Crippen molar-refractivity contribution in [2.75, 3.05) is 18.9 Å². The van der Waals surface area contributed by atoms with E-state index in [1.807, 2.05) is 13.8 Å². The van der Waals surface area contributed by atoms with Crippen molar-refractivity contribution in [3.8, 4) is 0 Å². The zero-order chi connectivity index (χ0) is 21.5. The third-order valence-electron chi connectivity index (χ3n) is 4.66. The van der Waals surface area contributed by atoms with Crippen molar-refractivity contribution >= 4 is 29.0 Å². The lowest BCUT2D eigenvalue weighted by Crippen LogP contribution is -2.37. The van der Waals surface area contributed by atoms with E-state index in [2.05, 4.69) is 15.5 Å². The fourth-order valence-corrected chi connectivity index (χ4v) is 3.24. The summed E-state index contributed by atoms with van der Waals surface area (Å²) in [4.78, 5) is 51.1. The van der Waals surface area contributed by atoms with E-state index in [1.54, 1.807) is 25.2 Å². The van der Waals surface area contributed by atoms with E-state index in [1.165, 1.54) is 23.6 Å². The molecule has 2 heterocycles. The summed E-state index contributed by atoms with van der Waals surface area (Å²) in [7, 11) is 4.40. The number of imide groups is 1. The van der Waals surface area contributed by atoms with Crippen LogP contribution in [-0.2, 0) is 14.1 Å². The Morgan fingerprint density at radius 3 is 2.31 bits per heavy atom. The zero-order valence-electron chi connectivity index (χ0n) is 16.9.